The molecule has 1 fully saturated rings. The summed E-state index contributed by atoms with van der Waals surface area (Å²) in [7, 11) is 0. The molecule has 18 heavy (non-hydrogen) atoms. The lowest BCUT2D eigenvalue weighted by atomic mass is 10.0. The summed E-state index contributed by atoms with van der Waals surface area (Å²) in [6, 6.07) is 2.32. The third kappa shape index (κ3) is 2.81. The molecule has 1 aromatic rings. The lowest BCUT2D eigenvalue weighted by Gasteiger charge is -2.24. The molecule has 1 aliphatic rings. The van der Waals surface area contributed by atoms with E-state index in [4.69, 9.17) is 4.74 Å². The normalized spacial score (nSPS) is 19.0. The molecule has 1 aliphatic heterocycles. The number of ether oxygens (including phenoxy) is 1. The summed E-state index contributed by atoms with van der Waals surface area (Å²) in [6.45, 7) is 1.60. The first-order valence-electron chi connectivity index (χ1n) is 5.11. The van der Waals surface area contributed by atoms with Crippen molar-refractivity contribution in [3.63, 3.8) is 0 Å². The van der Waals surface area contributed by atoms with Crippen molar-refractivity contribution >= 4 is 18.1 Å². The van der Waals surface area contributed by atoms with Gasteiger partial charge in [-0.05, 0) is 11.6 Å². The number of phenols is 2. The number of aromatic hydroxyl groups is 2. The SMILES string of the molecule is Cl.O=[N+]([O-])c1cc([C@H]2COCCN2)cc(O)c1O. The Morgan fingerprint density at radius 2 is 2.17 bits per heavy atom. The molecule has 7 nitrogen and oxygen atoms in total. The van der Waals surface area contributed by atoms with E-state index in [-0.39, 0.29) is 18.4 Å². The van der Waals surface area contributed by atoms with E-state index in [1.807, 2.05) is 0 Å². The highest BCUT2D eigenvalue weighted by Gasteiger charge is 2.23. The Balaban J connectivity index is 0.00000162. The van der Waals surface area contributed by atoms with Crippen molar-refractivity contribution in [2.75, 3.05) is 19.8 Å². The summed E-state index contributed by atoms with van der Waals surface area (Å²) >= 11 is 0. The summed E-state index contributed by atoms with van der Waals surface area (Å²) in [5.74, 6) is -1.21. The Morgan fingerprint density at radius 3 is 2.72 bits per heavy atom. The molecule has 0 saturated carbocycles. The van der Waals surface area contributed by atoms with Gasteiger partial charge >= 0.3 is 5.69 Å². The van der Waals surface area contributed by atoms with Crippen LogP contribution in [0.2, 0.25) is 0 Å². The van der Waals surface area contributed by atoms with Gasteiger partial charge in [-0.3, -0.25) is 10.1 Å². The zero-order valence-corrected chi connectivity index (χ0v) is 10.1. The van der Waals surface area contributed by atoms with Crippen molar-refractivity contribution in [1.29, 1.82) is 0 Å². The van der Waals surface area contributed by atoms with Gasteiger partial charge in [-0.2, -0.15) is 0 Å². The molecule has 0 bridgehead atoms. The minimum atomic E-state index is -0.734. The Bertz CT molecular complexity index is 448. The monoisotopic (exact) mass is 276 g/mol. The number of hydrogen-bond donors (Lipinski definition) is 3. The number of phenolic OH excluding ortho intramolecular Hbond substituents is 2. The average Bonchev–Trinajstić information content (AvgIpc) is 2.33. The number of halogens is 1. The maximum Gasteiger partial charge on any atom is 0.314 e. The Morgan fingerprint density at radius 1 is 1.44 bits per heavy atom. The lowest BCUT2D eigenvalue weighted by Crippen LogP contribution is -2.34. The summed E-state index contributed by atoms with van der Waals surface area (Å²) < 4.78 is 5.23. The fourth-order valence-corrected chi connectivity index (χ4v) is 1.75. The van der Waals surface area contributed by atoms with Gasteiger partial charge in [0.25, 0.3) is 0 Å². The van der Waals surface area contributed by atoms with E-state index in [2.05, 4.69) is 5.32 Å². The van der Waals surface area contributed by atoms with Gasteiger partial charge in [0.2, 0.25) is 5.75 Å². The molecular formula is C10H13ClN2O5. The van der Waals surface area contributed by atoms with Gasteiger partial charge in [0.15, 0.2) is 5.75 Å². The van der Waals surface area contributed by atoms with Gasteiger partial charge < -0.3 is 20.3 Å². The summed E-state index contributed by atoms with van der Waals surface area (Å²) in [5, 5.41) is 32.6. The second-order valence-corrected chi connectivity index (χ2v) is 3.75. The Labute approximate surface area is 109 Å². The van der Waals surface area contributed by atoms with E-state index < -0.39 is 22.1 Å². The second-order valence-electron chi connectivity index (χ2n) is 3.75. The Kier molecular flexibility index (Phi) is 4.71. The van der Waals surface area contributed by atoms with Crippen LogP contribution >= 0.6 is 12.4 Å². The van der Waals surface area contributed by atoms with E-state index in [1.165, 1.54) is 12.1 Å². The van der Waals surface area contributed by atoms with Gasteiger partial charge in [-0.15, -0.1) is 12.4 Å². The van der Waals surface area contributed by atoms with E-state index in [0.29, 0.717) is 25.3 Å². The largest absolute Gasteiger partial charge is 0.504 e. The van der Waals surface area contributed by atoms with Crippen LogP contribution in [0.4, 0.5) is 5.69 Å². The number of rotatable bonds is 2. The number of nitrogens with one attached hydrogen (secondary N) is 1. The first-order valence-corrected chi connectivity index (χ1v) is 5.11. The molecule has 1 saturated heterocycles. The van der Waals surface area contributed by atoms with Gasteiger partial charge in [-0.1, -0.05) is 0 Å². The number of hydrogen-bond acceptors (Lipinski definition) is 6. The van der Waals surface area contributed by atoms with Gasteiger partial charge in [0.1, 0.15) is 0 Å². The van der Waals surface area contributed by atoms with Crippen molar-refractivity contribution < 1.29 is 19.9 Å². The number of benzene rings is 1. The molecule has 100 valence electrons. The number of nitro benzene ring substituents is 1. The number of nitrogens with zero attached hydrogens (tertiary/aromatic N) is 1. The first-order chi connectivity index (χ1) is 8.09. The quantitative estimate of drug-likeness (QED) is 0.424. The molecule has 1 atom stereocenters. The van der Waals surface area contributed by atoms with E-state index >= 15 is 0 Å². The standard InChI is InChI=1S/C10H12N2O5.ClH/c13-9-4-6(7-5-17-2-1-11-7)3-8(10(9)14)12(15)16;/h3-4,7,11,13-14H,1-2,5H2;1H/t7-;/m1./s1. The van der Waals surface area contributed by atoms with Crippen molar-refractivity contribution in [3.8, 4) is 11.5 Å². The average molecular weight is 277 g/mol. The molecule has 0 amide bonds. The highest BCUT2D eigenvalue weighted by Crippen LogP contribution is 2.37. The minimum absolute atomic E-state index is 0. The van der Waals surface area contributed by atoms with E-state index in [1.54, 1.807) is 0 Å². The van der Waals surface area contributed by atoms with Crippen LogP contribution < -0.4 is 5.32 Å². The molecule has 0 unspecified atom stereocenters. The third-order valence-corrected chi connectivity index (χ3v) is 2.61. The van der Waals surface area contributed by atoms with E-state index in [9.17, 15) is 20.3 Å². The highest BCUT2D eigenvalue weighted by atomic mass is 35.5. The van der Waals surface area contributed by atoms with Gasteiger partial charge in [-0.25, -0.2) is 0 Å². The molecule has 3 N–H and O–H groups in total. The van der Waals surface area contributed by atoms with Crippen LogP contribution in [0.1, 0.15) is 11.6 Å². The van der Waals surface area contributed by atoms with Crippen LogP contribution in [0.15, 0.2) is 12.1 Å². The molecule has 0 aromatic heterocycles. The summed E-state index contributed by atoms with van der Waals surface area (Å²) in [4.78, 5) is 9.96. The van der Waals surface area contributed by atoms with E-state index in [0.717, 1.165) is 0 Å². The highest BCUT2D eigenvalue weighted by molar-refractivity contribution is 5.85. The lowest BCUT2D eigenvalue weighted by molar-refractivity contribution is -0.386. The van der Waals surface area contributed by atoms with Crippen LogP contribution in [-0.4, -0.2) is 34.9 Å². The molecule has 0 spiro atoms. The maximum absolute atomic E-state index is 10.7. The molecular weight excluding hydrogens is 264 g/mol. The molecule has 8 heteroatoms. The van der Waals surface area contributed by atoms with Gasteiger partial charge in [0, 0.05) is 12.6 Å². The third-order valence-electron chi connectivity index (χ3n) is 2.61. The number of morpholine rings is 1. The molecule has 1 aromatic carbocycles. The summed E-state index contributed by atoms with van der Waals surface area (Å²) in [6.07, 6.45) is 0. The molecule has 2 rings (SSSR count). The predicted molar refractivity (Wildman–Crippen MR) is 65.2 cm³/mol. The zero-order chi connectivity index (χ0) is 12.4. The van der Waals surface area contributed by atoms with Crippen molar-refractivity contribution in [2.24, 2.45) is 0 Å². The number of nitro groups is 1. The Hall–Kier alpha value is -1.57. The van der Waals surface area contributed by atoms with Crippen molar-refractivity contribution in [2.45, 2.75) is 6.04 Å². The second kappa shape index (κ2) is 5.85. The van der Waals surface area contributed by atoms with Crippen LogP contribution in [0.25, 0.3) is 0 Å². The predicted octanol–water partition coefficient (Wildman–Crippen LogP) is 1.09. The minimum Gasteiger partial charge on any atom is -0.504 e. The molecule has 0 radical (unpaired) electrons. The fraction of sp³-hybridized carbons (Fsp3) is 0.400. The zero-order valence-electron chi connectivity index (χ0n) is 9.33. The topological polar surface area (TPSA) is 105 Å². The molecule has 1 heterocycles. The maximum atomic E-state index is 10.7. The van der Waals surface area contributed by atoms with Gasteiger partial charge in [0.05, 0.1) is 24.2 Å². The fourth-order valence-electron chi connectivity index (χ4n) is 1.75. The van der Waals surface area contributed by atoms with Crippen LogP contribution in [0.5, 0.6) is 11.5 Å². The van der Waals surface area contributed by atoms with Crippen molar-refractivity contribution in [1.82, 2.24) is 5.32 Å². The summed E-state index contributed by atoms with van der Waals surface area (Å²) in [5.41, 5.74) is 0.0130. The van der Waals surface area contributed by atoms with Crippen LogP contribution in [0, 0.1) is 10.1 Å². The van der Waals surface area contributed by atoms with Crippen LogP contribution in [0.3, 0.4) is 0 Å². The smallest absolute Gasteiger partial charge is 0.314 e. The first kappa shape index (κ1) is 14.5. The van der Waals surface area contributed by atoms with Crippen LogP contribution in [-0.2, 0) is 4.74 Å². The van der Waals surface area contributed by atoms with Crippen molar-refractivity contribution in [3.05, 3.63) is 27.8 Å². The molecule has 0 aliphatic carbocycles.